The van der Waals surface area contributed by atoms with E-state index >= 15 is 4.39 Å². The first kappa shape index (κ1) is 25.7. The van der Waals surface area contributed by atoms with Crippen LogP contribution in [0.5, 0.6) is 5.88 Å². The summed E-state index contributed by atoms with van der Waals surface area (Å²) in [6, 6.07) is 8.52. The third kappa shape index (κ3) is 5.12. The molecule has 1 aliphatic heterocycles. The highest BCUT2D eigenvalue weighted by Gasteiger charge is 2.29. The van der Waals surface area contributed by atoms with Crippen molar-refractivity contribution in [1.82, 2.24) is 14.5 Å². The number of aliphatic hydroxyl groups is 1. The van der Waals surface area contributed by atoms with E-state index in [2.05, 4.69) is 9.97 Å². The lowest BCUT2D eigenvalue weighted by Crippen LogP contribution is -2.35. The molecule has 192 valence electrons. The molecular weight excluding hydrogens is 484 g/mol. The van der Waals surface area contributed by atoms with E-state index in [4.69, 9.17) is 15.6 Å². The number of pyridine rings is 3. The van der Waals surface area contributed by atoms with Crippen LogP contribution in [0.1, 0.15) is 23.2 Å². The molecule has 5 rings (SSSR count). The highest BCUT2D eigenvalue weighted by molar-refractivity contribution is 5.89. The van der Waals surface area contributed by atoms with Gasteiger partial charge in [0.15, 0.2) is 17.5 Å². The molecule has 9 nitrogen and oxygen atoms in total. The fourth-order valence-electron chi connectivity index (χ4n) is 4.39. The molecule has 4 heterocycles. The summed E-state index contributed by atoms with van der Waals surface area (Å²) in [5.74, 6) is -0.966. The van der Waals surface area contributed by atoms with E-state index in [1.54, 1.807) is 22.8 Å². The van der Waals surface area contributed by atoms with Gasteiger partial charge in [-0.25, -0.2) is 18.7 Å². The number of carbonyl (C=O) groups excluding carboxylic acids is 1. The van der Waals surface area contributed by atoms with E-state index in [1.807, 2.05) is 4.90 Å². The Morgan fingerprint density at radius 3 is 2.70 bits per heavy atom. The summed E-state index contributed by atoms with van der Waals surface area (Å²) in [7, 11) is 1.00. The second-order valence-electron chi connectivity index (χ2n) is 8.25. The van der Waals surface area contributed by atoms with Crippen molar-refractivity contribution in [2.45, 2.75) is 18.9 Å². The van der Waals surface area contributed by atoms with Crippen LogP contribution in [0.4, 0.5) is 20.3 Å². The maximum atomic E-state index is 15.4. The van der Waals surface area contributed by atoms with Gasteiger partial charge in [0.05, 0.1) is 34.7 Å². The second kappa shape index (κ2) is 11.1. The van der Waals surface area contributed by atoms with E-state index in [1.165, 1.54) is 30.7 Å². The molecule has 0 amide bonds. The number of rotatable bonds is 6. The Morgan fingerprint density at radius 1 is 1.19 bits per heavy atom. The van der Waals surface area contributed by atoms with Crippen molar-refractivity contribution in [1.29, 1.82) is 0 Å². The molecule has 3 aromatic heterocycles. The fraction of sp³-hybridized carbons (Fsp3) is 0.231. The number of halogens is 2. The van der Waals surface area contributed by atoms with Crippen LogP contribution in [-0.4, -0.2) is 52.2 Å². The van der Waals surface area contributed by atoms with Gasteiger partial charge in [-0.1, -0.05) is 0 Å². The number of ether oxygens (including phenoxy) is 1. The number of hydrogen-bond acceptors (Lipinski definition) is 8. The maximum absolute atomic E-state index is 15.4. The monoisotopic (exact) mass is 509 g/mol. The van der Waals surface area contributed by atoms with Crippen molar-refractivity contribution in [3.8, 4) is 11.6 Å². The number of aldehydes is 1. The van der Waals surface area contributed by atoms with Gasteiger partial charge in [0.25, 0.3) is 0 Å². The van der Waals surface area contributed by atoms with Gasteiger partial charge in [-0.05, 0) is 49.2 Å². The molecule has 1 fully saturated rings. The Balaban J connectivity index is 0.00000156. The zero-order chi connectivity index (χ0) is 26.5. The third-order valence-corrected chi connectivity index (χ3v) is 6.10. The van der Waals surface area contributed by atoms with Crippen LogP contribution in [0.2, 0.25) is 0 Å². The average Bonchev–Trinajstić information content (AvgIpc) is 3.38. The molecule has 1 saturated heterocycles. The summed E-state index contributed by atoms with van der Waals surface area (Å²) < 4.78 is 36.5. The second-order valence-corrected chi connectivity index (χ2v) is 8.25. The first-order valence-electron chi connectivity index (χ1n) is 11.5. The molecule has 1 atom stereocenters. The number of aliphatic hydroxyl groups excluding tert-OH is 1. The average molecular weight is 510 g/mol. The van der Waals surface area contributed by atoms with Crippen LogP contribution in [0.3, 0.4) is 0 Å². The van der Waals surface area contributed by atoms with Crippen molar-refractivity contribution >= 4 is 28.7 Å². The normalized spacial score (nSPS) is 14.8. The standard InChI is InChI=1S/C25H21F2N5O3.CH4O/c26-19-4-1-7-29-25(19)35-14-17-3-2-8-31(17)22-10-21-18(9-20(22)27)24(34)15(13-33)12-32(21)16-5-6-23(28)30-11-16;1-2/h1,4-7,9-13,17H,2-3,8,14H2,(H2,28,30);2H,1H3. The lowest BCUT2D eigenvalue weighted by molar-refractivity contribution is 0.112. The number of nitrogens with two attached hydrogens (primary N) is 1. The zero-order valence-electron chi connectivity index (χ0n) is 20.0. The molecule has 0 radical (unpaired) electrons. The van der Waals surface area contributed by atoms with E-state index in [9.17, 15) is 14.0 Å². The predicted molar refractivity (Wildman–Crippen MR) is 135 cm³/mol. The van der Waals surface area contributed by atoms with Crippen molar-refractivity contribution < 1.29 is 23.4 Å². The molecule has 0 spiro atoms. The molecule has 37 heavy (non-hydrogen) atoms. The fourth-order valence-corrected chi connectivity index (χ4v) is 4.39. The van der Waals surface area contributed by atoms with Crippen LogP contribution in [0.15, 0.2) is 59.8 Å². The van der Waals surface area contributed by atoms with Crippen LogP contribution in [-0.2, 0) is 0 Å². The maximum Gasteiger partial charge on any atom is 0.250 e. The zero-order valence-corrected chi connectivity index (χ0v) is 20.0. The molecule has 4 aromatic rings. The van der Waals surface area contributed by atoms with Gasteiger partial charge in [-0.3, -0.25) is 9.59 Å². The Morgan fingerprint density at radius 2 is 2.00 bits per heavy atom. The minimum atomic E-state index is -0.601. The SMILES string of the molecule is CO.Nc1ccc(-n2cc(C=O)c(=O)c3cc(F)c(N4CCCC4COc4ncccc4F)cc32)cn1. The van der Waals surface area contributed by atoms with Crippen molar-refractivity contribution in [3.05, 3.63) is 82.4 Å². The van der Waals surface area contributed by atoms with E-state index in [0.29, 0.717) is 36.3 Å². The van der Waals surface area contributed by atoms with Crippen LogP contribution >= 0.6 is 0 Å². The van der Waals surface area contributed by atoms with Crippen molar-refractivity contribution in [3.63, 3.8) is 0 Å². The lowest BCUT2D eigenvalue weighted by atomic mass is 10.1. The number of benzene rings is 1. The molecule has 0 saturated carbocycles. The Hall–Kier alpha value is -4.38. The van der Waals surface area contributed by atoms with Gasteiger partial charge in [0.1, 0.15) is 18.2 Å². The first-order chi connectivity index (χ1) is 18.0. The highest BCUT2D eigenvalue weighted by Crippen LogP contribution is 2.32. The minimum Gasteiger partial charge on any atom is -0.473 e. The summed E-state index contributed by atoms with van der Waals surface area (Å²) in [4.78, 5) is 34.2. The van der Waals surface area contributed by atoms with Gasteiger partial charge < -0.3 is 25.0 Å². The number of aromatic nitrogens is 3. The summed E-state index contributed by atoms with van der Waals surface area (Å²) in [6.45, 7) is 0.672. The lowest BCUT2D eigenvalue weighted by Gasteiger charge is -2.27. The number of carbonyl (C=O) groups is 1. The Kier molecular flexibility index (Phi) is 7.73. The topological polar surface area (TPSA) is 124 Å². The van der Waals surface area contributed by atoms with Gasteiger partial charge in [-0.2, -0.15) is 0 Å². The van der Waals surface area contributed by atoms with Crippen LogP contribution < -0.4 is 20.8 Å². The first-order valence-corrected chi connectivity index (χ1v) is 11.5. The molecule has 0 aliphatic carbocycles. The van der Waals surface area contributed by atoms with Crippen molar-refractivity contribution in [2.24, 2.45) is 0 Å². The molecule has 1 aromatic carbocycles. The number of nitrogens with zero attached hydrogens (tertiary/aromatic N) is 4. The van der Waals surface area contributed by atoms with Crippen molar-refractivity contribution in [2.75, 3.05) is 30.9 Å². The van der Waals surface area contributed by atoms with Gasteiger partial charge >= 0.3 is 0 Å². The van der Waals surface area contributed by atoms with E-state index in [0.717, 1.165) is 19.6 Å². The van der Waals surface area contributed by atoms with Crippen LogP contribution in [0.25, 0.3) is 16.6 Å². The molecule has 0 bridgehead atoms. The van der Waals surface area contributed by atoms with Gasteiger partial charge in [-0.15, -0.1) is 0 Å². The van der Waals surface area contributed by atoms with Crippen LogP contribution in [0, 0.1) is 11.6 Å². The number of nitrogen functional groups attached to an aromatic ring is 1. The number of fused-ring (bicyclic) bond motifs is 1. The van der Waals surface area contributed by atoms with Gasteiger partial charge in [0, 0.05) is 31.4 Å². The Bertz CT molecular complexity index is 1480. The predicted octanol–water partition coefficient (Wildman–Crippen LogP) is 3.11. The number of anilines is 2. The number of hydrogen-bond donors (Lipinski definition) is 2. The molecule has 3 N–H and O–H groups in total. The smallest absolute Gasteiger partial charge is 0.250 e. The highest BCUT2D eigenvalue weighted by atomic mass is 19.1. The Labute approximate surface area is 210 Å². The molecule has 11 heteroatoms. The largest absolute Gasteiger partial charge is 0.473 e. The third-order valence-electron chi connectivity index (χ3n) is 6.10. The van der Waals surface area contributed by atoms with E-state index in [-0.39, 0.29) is 35.2 Å². The molecular formula is C26H25F2N5O4. The van der Waals surface area contributed by atoms with E-state index < -0.39 is 17.1 Å². The quantitative estimate of drug-likeness (QED) is 0.380. The summed E-state index contributed by atoms with van der Waals surface area (Å²) in [5.41, 5.74) is 6.27. The summed E-state index contributed by atoms with van der Waals surface area (Å²) in [5, 5.41) is 7.07. The van der Waals surface area contributed by atoms with Gasteiger partial charge in [0.2, 0.25) is 5.88 Å². The summed E-state index contributed by atoms with van der Waals surface area (Å²) >= 11 is 0. The summed E-state index contributed by atoms with van der Waals surface area (Å²) in [6.07, 6.45) is 6.29. The minimum absolute atomic E-state index is 0.0650. The molecule has 1 aliphatic rings. The molecule has 1 unspecified atom stereocenters.